The highest BCUT2D eigenvalue weighted by Gasteiger charge is 2.47. The van der Waals surface area contributed by atoms with Crippen LogP contribution in [0.1, 0.15) is 25.8 Å². The first-order chi connectivity index (χ1) is 8.55. The fourth-order valence-corrected chi connectivity index (χ4v) is 8.21. The van der Waals surface area contributed by atoms with E-state index >= 15 is 0 Å². The van der Waals surface area contributed by atoms with Crippen LogP contribution in [0.25, 0.3) is 0 Å². The molecule has 2 heterocycles. The second kappa shape index (κ2) is 4.57. The molecule has 98 valence electrons. The molecule has 2 aliphatic heterocycles. The lowest BCUT2D eigenvalue weighted by atomic mass is 9.99. The largest absolute Gasteiger partial charge is 0.497 e. The first-order valence-electron chi connectivity index (χ1n) is 6.20. The molecule has 0 atom stereocenters. The van der Waals surface area contributed by atoms with Crippen molar-refractivity contribution in [2.75, 3.05) is 18.6 Å². The van der Waals surface area contributed by atoms with Gasteiger partial charge in [-0.3, -0.25) is 0 Å². The molecule has 1 nitrogen and oxygen atoms in total. The van der Waals surface area contributed by atoms with Gasteiger partial charge in [0.25, 0.3) is 0 Å². The van der Waals surface area contributed by atoms with Crippen molar-refractivity contribution in [1.29, 1.82) is 0 Å². The van der Waals surface area contributed by atoms with Gasteiger partial charge in [0.2, 0.25) is 0 Å². The Kier molecular flexibility index (Phi) is 3.32. The van der Waals surface area contributed by atoms with Gasteiger partial charge in [0.1, 0.15) is 5.75 Å². The van der Waals surface area contributed by atoms with E-state index in [0.29, 0.717) is 4.75 Å². The molecule has 0 radical (unpaired) electrons. The van der Waals surface area contributed by atoms with Crippen molar-refractivity contribution < 1.29 is 4.74 Å². The fourth-order valence-electron chi connectivity index (χ4n) is 2.73. The van der Waals surface area contributed by atoms with Crippen LogP contribution in [-0.4, -0.2) is 23.4 Å². The average Bonchev–Trinajstić information content (AvgIpc) is 2.75. The molecule has 1 fully saturated rings. The van der Waals surface area contributed by atoms with E-state index in [-0.39, 0.29) is 4.08 Å². The van der Waals surface area contributed by atoms with Gasteiger partial charge in [-0.2, -0.15) is 0 Å². The Bertz CT molecular complexity index is 464. The number of rotatable bonds is 1. The van der Waals surface area contributed by atoms with Gasteiger partial charge < -0.3 is 4.74 Å². The first-order valence-corrected chi connectivity index (χ1v) is 8.99. The summed E-state index contributed by atoms with van der Waals surface area (Å²) in [5.74, 6) is 3.52. The smallest absolute Gasteiger partial charge is 0.119 e. The van der Waals surface area contributed by atoms with E-state index < -0.39 is 0 Å². The van der Waals surface area contributed by atoms with E-state index in [1.54, 1.807) is 7.11 Å². The SMILES string of the molecule is COc1ccc2c(c1)SC(C)(C)CC21SCCS1. The van der Waals surface area contributed by atoms with Crippen molar-refractivity contribution in [3.8, 4) is 5.75 Å². The Labute approximate surface area is 122 Å². The van der Waals surface area contributed by atoms with Crippen LogP contribution < -0.4 is 4.74 Å². The molecule has 0 unspecified atom stereocenters. The van der Waals surface area contributed by atoms with Gasteiger partial charge >= 0.3 is 0 Å². The van der Waals surface area contributed by atoms with Crippen molar-refractivity contribution in [1.82, 2.24) is 0 Å². The summed E-state index contributed by atoms with van der Waals surface area (Å²) in [7, 11) is 1.75. The van der Waals surface area contributed by atoms with E-state index in [2.05, 4.69) is 55.6 Å². The minimum atomic E-state index is 0.288. The van der Waals surface area contributed by atoms with Crippen molar-refractivity contribution in [3.05, 3.63) is 23.8 Å². The predicted octanol–water partition coefficient (Wildman–Crippen LogP) is 4.60. The fraction of sp³-hybridized carbons (Fsp3) is 0.571. The summed E-state index contributed by atoms with van der Waals surface area (Å²) in [6, 6.07) is 6.60. The summed E-state index contributed by atoms with van der Waals surface area (Å²) >= 11 is 6.26. The minimum absolute atomic E-state index is 0.288. The molecular weight excluding hydrogens is 280 g/mol. The van der Waals surface area contributed by atoms with E-state index in [1.807, 2.05) is 11.8 Å². The predicted molar refractivity (Wildman–Crippen MR) is 84.1 cm³/mol. The zero-order valence-electron chi connectivity index (χ0n) is 11.0. The Morgan fingerprint density at radius 1 is 1.17 bits per heavy atom. The minimum Gasteiger partial charge on any atom is -0.497 e. The van der Waals surface area contributed by atoms with E-state index in [4.69, 9.17) is 4.74 Å². The Morgan fingerprint density at radius 3 is 2.56 bits per heavy atom. The highest BCUT2D eigenvalue weighted by atomic mass is 32.2. The molecule has 2 aliphatic rings. The molecule has 0 amide bonds. The molecule has 0 aromatic heterocycles. The third-order valence-corrected chi connectivity index (χ3v) is 8.10. The van der Waals surface area contributed by atoms with Crippen LogP contribution in [0.3, 0.4) is 0 Å². The molecule has 3 rings (SSSR count). The lowest BCUT2D eigenvalue weighted by Crippen LogP contribution is -2.32. The molecule has 0 N–H and O–H groups in total. The Balaban J connectivity index is 2.10. The van der Waals surface area contributed by atoms with Crippen LogP contribution in [-0.2, 0) is 4.08 Å². The monoisotopic (exact) mass is 298 g/mol. The van der Waals surface area contributed by atoms with Crippen LogP contribution in [0.5, 0.6) is 5.75 Å². The van der Waals surface area contributed by atoms with Gasteiger partial charge in [-0.05, 0) is 24.1 Å². The maximum Gasteiger partial charge on any atom is 0.119 e. The lowest BCUT2D eigenvalue weighted by Gasteiger charge is -2.42. The second-order valence-electron chi connectivity index (χ2n) is 5.35. The second-order valence-corrected chi connectivity index (χ2v) is 10.1. The molecule has 1 saturated heterocycles. The standard InChI is InChI=1S/C14H18OS3/c1-13(2)9-14(16-6-7-17-14)11-5-4-10(15-3)8-12(11)18-13/h4-5,8H,6-7,9H2,1-3H3. The van der Waals surface area contributed by atoms with Crippen molar-refractivity contribution in [2.24, 2.45) is 0 Å². The molecule has 0 bridgehead atoms. The maximum absolute atomic E-state index is 5.37. The first kappa shape index (κ1) is 13.1. The number of fused-ring (bicyclic) bond motifs is 2. The van der Waals surface area contributed by atoms with Crippen LogP contribution in [0.4, 0.5) is 0 Å². The number of ether oxygens (including phenoxy) is 1. The summed E-state index contributed by atoms with van der Waals surface area (Å²) in [6.45, 7) is 4.72. The third-order valence-electron chi connectivity index (χ3n) is 3.40. The molecular formula is C14H18OS3. The summed E-state index contributed by atoms with van der Waals surface area (Å²) in [4.78, 5) is 1.41. The maximum atomic E-state index is 5.37. The molecule has 0 saturated carbocycles. The zero-order chi connectivity index (χ0) is 12.8. The zero-order valence-corrected chi connectivity index (χ0v) is 13.4. The van der Waals surface area contributed by atoms with E-state index in [9.17, 15) is 0 Å². The van der Waals surface area contributed by atoms with Gasteiger partial charge in [0.05, 0.1) is 11.2 Å². The van der Waals surface area contributed by atoms with Gasteiger partial charge in [0.15, 0.2) is 0 Å². The highest BCUT2D eigenvalue weighted by Crippen LogP contribution is 2.63. The molecule has 18 heavy (non-hydrogen) atoms. The van der Waals surface area contributed by atoms with Crippen LogP contribution in [0, 0.1) is 0 Å². The Hall–Kier alpha value is 0.0700. The van der Waals surface area contributed by atoms with E-state index in [1.165, 1.54) is 28.4 Å². The highest BCUT2D eigenvalue weighted by molar-refractivity contribution is 8.20. The van der Waals surface area contributed by atoms with Crippen LogP contribution in [0.2, 0.25) is 0 Å². The van der Waals surface area contributed by atoms with Crippen molar-refractivity contribution in [2.45, 2.75) is 34.0 Å². The van der Waals surface area contributed by atoms with Crippen LogP contribution >= 0.6 is 35.3 Å². The Morgan fingerprint density at radius 2 is 1.89 bits per heavy atom. The van der Waals surface area contributed by atoms with E-state index in [0.717, 1.165) is 5.75 Å². The van der Waals surface area contributed by atoms with Crippen molar-refractivity contribution in [3.63, 3.8) is 0 Å². The normalized spacial score (nSPS) is 23.9. The third kappa shape index (κ3) is 2.16. The molecule has 1 spiro atoms. The summed E-state index contributed by atoms with van der Waals surface area (Å²) < 4.78 is 5.97. The summed E-state index contributed by atoms with van der Waals surface area (Å²) in [5, 5.41) is 0. The number of benzene rings is 1. The lowest BCUT2D eigenvalue weighted by molar-refractivity contribution is 0.413. The van der Waals surface area contributed by atoms with Gasteiger partial charge in [0, 0.05) is 21.1 Å². The molecule has 1 aromatic carbocycles. The number of methoxy groups -OCH3 is 1. The number of thioether (sulfide) groups is 3. The summed E-state index contributed by atoms with van der Waals surface area (Å²) in [5.41, 5.74) is 1.51. The van der Waals surface area contributed by atoms with Crippen molar-refractivity contribution >= 4 is 35.3 Å². The number of hydrogen-bond donors (Lipinski definition) is 0. The molecule has 4 heteroatoms. The average molecular weight is 298 g/mol. The van der Waals surface area contributed by atoms with Gasteiger partial charge in [-0.1, -0.05) is 19.9 Å². The summed E-state index contributed by atoms with van der Waals surface area (Å²) in [6.07, 6.45) is 1.25. The van der Waals surface area contributed by atoms with Gasteiger partial charge in [-0.25, -0.2) is 0 Å². The molecule has 1 aromatic rings. The quantitative estimate of drug-likeness (QED) is 0.749. The van der Waals surface area contributed by atoms with Crippen LogP contribution in [0.15, 0.2) is 23.1 Å². The number of hydrogen-bond acceptors (Lipinski definition) is 4. The topological polar surface area (TPSA) is 9.23 Å². The van der Waals surface area contributed by atoms with Gasteiger partial charge in [-0.15, -0.1) is 35.3 Å². The molecule has 0 aliphatic carbocycles.